The topological polar surface area (TPSA) is 52.6 Å². The van der Waals surface area contributed by atoms with Gasteiger partial charge in [-0.05, 0) is 25.7 Å². The van der Waals surface area contributed by atoms with Crippen LogP contribution in [0.15, 0.2) is 0 Å². The second kappa shape index (κ2) is 53.9. The van der Waals surface area contributed by atoms with Gasteiger partial charge in [-0.3, -0.25) is 9.59 Å². The van der Waals surface area contributed by atoms with Crippen LogP contribution in [0.25, 0.3) is 0 Å². The first-order valence-corrected chi connectivity index (χ1v) is 25.9. The van der Waals surface area contributed by atoms with Crippen LogP contribution in [0.2, 0.25) is 0 Å². The highest BCUT2D eigenvalue weighted by Gasteiger charge is 2.04. The van der Waals surface area contributed by atoms with Crippen LogP contribution in [0.4, 0.5) is 0 Å². The Balaban J connectivity index is 0. The summed E-state index contributed by atoms with van der Waals surface area (Å²) in [7, 11) is 0. The molecule has 0 atom stereocenters. The van der Waals surface area contributed by atoms with E-state index in [1.165, 1.54) is 244 Å². The minimum absolute atomic E-state index is 0.0104. The van der Waals surface area contributed by atoms with Crippen LogP contribution in [-0.4, -0.2) is 25.2 Å². The zero-order valence-electron chi connectivity index (χ0n) is 39.2. The zero-order chi connectivity index (χ0) is 41.1. The number of carbonyl (C=O) groups is 2. The number of hydrogen-bond acceptors (Lipinski definition) is 4. The fourth-order valence-electron chi connectivity index (χ4n) is 7.56. The smallest absolute Gasteiger partial charge is 0.305 e. The molecule has 0 heterocycles. The molecule has 0 bridgehead atoms. The van der Waals surface area contributed by atoms with Gasteiger partial charge in [-0.15, -0.1) is 0 Å². The summed E-state index contributed by atoms with van der Waals surface area (Å²) in [6.45, 7) is 10.3. The number of unbranched alkanes of at least 4 members (excludes halogenated alkanes) is 38. The predicted molar refractivity (Wildman–Crippen MR) is 248 cm³/mol. The standard InChI is InChI=1S/C28H56O2.C24H48O2/c1-3-5-7-9-11-13-15-16-17-18-20-22-24-26-28(29)30-27-25-23-21-19-14-12-10-8-6-4-2;1-3-5-7-9-10-11-12-13-14-15-16-17-19-21-23-26-24(25)22-20-18-8-6-4-2/h3-27H2,1-2H3;3-23H2,1-2H3. The van der Waals surface area contributed by atoms with E-state index < -0.39 is 0 Å². The molecule has 0 amide bonds. The molecule has 0 aromatic rings. The summed E-state index contributed by atoms with van der Waals surface area (Å²) in [5.41, 5.74) is 0. The van der Waals surface area contributed by atoms with Gasteiger partial charge in [-0.1, -0.05) is 272 Å². The lowest BCUT2D eigenvalue weighted by Gasteiger charge is -2.06. The first-order valence-electron chi connectivity index (χ1n) is 25.9. The number of rotatable bonds is 46. The monoisotopic (exact) mass is 793 g/mol. The fraction of sp³-hybridized carbons (Fsp3) is 0.962. The molecule has 0 rings (SSSR count). The Hall–Kier alpha value is -1.06. The SMILES string of the molecule is CCCCCCCCCCCCCCCC(=O)OCCCCCCCCCCCC.CCCCCCCCCCCCCCCCOC(=O)CCCCCCC. The normalized spacial score (nSPS) is 11.1. The summed E-state index contributed by atoms with van der Waals surface area (Å²) in [5, 5.41) is 0. The first kappa shape index (κ1) is 57.0. The van der Waals surface area contributed by atoms with Crippen molar-refractivity contribution in [3.63, 3.8) is 0 Å². The summed E-state index contributed by atoms with van der Waals surface area (Å²) < 4.78 is 10.7. The Morgan fingerprint density at radius 2 is 0.393 bits per heavy atom. The quantitative estimate of drug-likeness (QED) is 0.0455. The van der Waals surface area contributed by atoms with E-state index in [0.717, 1.165) is 25.7 Å². The van der Waals surface area contributed by atoms with E-state index in [-0.39, 0.29) is 11.9 Å². The molecule has 0 spiro atoms. The lowest BCUT2D eigenvalue weighted by atomic mass is 10.0. The van der Waals surface area contributed by atoms with Crippen molar-refractivity contribution in [2.75, 3.05) is 13.2 Å². The lowest BCUT2D eigenvalue weighted by molar-refractivity contribution is -0.144. The average Bonchev–Trinajstić information content (AvgIpc) is 3.20. The van der Waals surface area contributed by atoms with Crippen molar-refractivity contribution >= 4 is 11.9 Å². The minimum Gasteiger partial charge on any atom is -0.466 e. The Kier molecular flexibility index (Phi) is 54.9. The van der Waals surface area contributed by atoms with Gasteiger partial charge in [0.05, 0.1) is 13.2 Å². The third kappa shape index (κ3) is 55.0. The van der Waals surface area contributed by atoms with E-state index in [1.807, 2.05) is 0 Å². The van der Waals surface area contributed by atoms with Crippen molar-refractivity contribution in [3.8, 4) is 0 Å². The molecule has 4 heteroatoms. The average molecular weight is 793 g/mol. The molecule has 0 unspecified atom stereocenters. The summed E-state index contributed by atoms with van der Waals surface area (Å²) in [4.78, 5) is 23.4. The molecule has 0 aliphatic carbocycles. The fourth-order valence-corrected chi connectivity index (χ4v) is 7.56. The molecule has 4 nitrogen and oxygen atoms in total. The molecular weight excluding hydrogens is 689 g/mol. The maximum Gasteiger partial charge on any atom is 0.305 e. The highest BCUT2D eigenvalue weighted by molar-refractivity contribution is 5.69. The summed E-state index contributed by atoms with van der Waals surface area (Å²) >= 11 is 0. The lowest BCUT2D eigenvalue weighted by Crippen LogP contribution is -2.05. The molecule has 336 valence electrons. The van der Waals surface area contributed by atoms with Crippen LogP contribution in [0.3, 0.4) is 0 Å². The molecule has 0 aliphatic heterocycles. The van der Waals surface area contributed by atoms with Crippen LogP contribution < -0.4 is 0 Å². The van der Waals surface area contributed by atoms with Gasteiger partial charge in [-0.25, -0.2) is 0 Å². The molecule has 0 N–H and O–H groups in total. The molecule has 0 radical (unpaired) electrons. The van der Waals surface area contributed by atoms with Crippen molar-refractivity contribution in [2.24, 2.45) is 0 Å². The van der Waals surface area contributed by atoms with Gasteiger partial charge in [0.25, 0.3) is 0 Å². The van der Waals surface area contributed by atoms with Crippen LogP contribution in [0.1, 0.15) is 310 Å². The number of ether oxygens (including phenoxy) is 2. The third-order valence-corrected chi connectivity index (χ3v) is 11.5. The highest BCUT2D eigenvalue weighted by Crippen LogP contribution is 2.15. The van der Waals surface area contributed by atoms with Crippen molar-refractivity contribution in [3.05, 3.63) is 0 Å². The van der Waals surface area contributed by atoms with Crippen LogP contribution in [0, 0.1) is 0 Å². The summed E-state index contributed by atoms with van der Waals surface area (Å²) in [6, 6.07) is 0. The summed E-state index contributed by atoms with van der Waals surface area (Å²) in [5.74, 6) is 0.0326. The Morgan fingerprint density at radius 1 is 0.232 bits per heavy atom. The van der Waals surface area contributed by atoms with Crippen molar-refractivity contribution in [2.45, 2.75) is 310 Å². The molecule has 0 saturated carbocycles. The van der Waals surface area contributed by atoms with E-state index in [9.17, 15) is 9.59 Å². The summed E-state index contributed by atoms with van der Waals surface area (Å²) in [6.07, 6.45) is 56.9. The van der Waals surface area contributed by atoms with E-state index >= 15 is 0 Å². The zero-order valence-corrected chi connectivity index (χ0v) is 39.2. The molecular formula is C52H104O4. The molecule has 0 fully saturated rings. The molecule has 56 heavy (non-hydrogen) atoms. The maximum absolute atomic E-state index is 11.8. The van der Waals surface area contributed by atoms with Crippen LogP contribution >= 0.6 is 0 Å². The van der Waals surface area contributed by atoms with E-state index in [2.05, 4.69) is 27.7 Å². The van der Waals surface area contributed by atoms with E-state index in [1.54, 1.807) is 0 Å². The third-order valence-electron chi connectivity index (χ3n) is 11.5. The molecule has 0 aromatic carbocycles. The van der Waals surface area contributed by atoms with Gasteiger partial charge in [0.15, 0.2) is 0 Å². The Bertz CT molecular complexity index is 722. The minimum atomic E-state index is 0.0104. The van der Waals surface area contributed by atoms with Gasteiger partial charge >= 0.3 is 11.9 Å². The van der Waals surface area contributed by atoms with Gasteiger partial charge in [0.2, 0.25) is 0 Å². The second-order valence-corrected chi connectivity index (χ2v) is 17.4. The van der Waals surface area contributed by atoms with Gasteiger partial charge in [0, 0.05) is 12.8 Å². The molecule has 0 aromatic heterocycles. The second-order valence-electron chi connectivity index (χ2n) is 17.4. The Labute approximate surface area is 353 Å². The number of esters is 2. The van der Waals surface area contributed by atoms with E-state index in [0.29, 0.717) is 26.1 Å². The number of hydrogen-bond donors (Lipinski definition) is 0. The van der Waals surface area contributed by atoms with Gasteiger partial charge in [0.1, 0.15) is 0 Å². The maximum atomic E-state index is 11.8. The van der Waals surface area contributed by atoms with E-state index in [4.69, 9.17) is 9.47 Å². The largest absolute Gasteiger partial charge is 0.466 e. The first-order chi connectivity index (χ1) is 27.6. The Morgan fingerprint density at radius 3 is 0.589 bits per heavy atom. The van der Waals surface area contributed by atoms with Crippen molar-refractivity contribution < 1.29 is 19.1 Å². The van der Waals surface area contributed by atoms with Gasteiger partial charge < -0.3 is 9.47 Å². The molecule has 0 aliphatic rings. The van der Waals surface area contributed by atoms with Crippen molar-refractivity contribution in [1.29, 1.82) is 0 Å². The van der Waals surface area contributed by atoms with Crippen LogP contribution in [0.5, 0.6) is 0 Å². The van der Waals surface area contributed by atoms with Gasteiger partial charge in [-0.2, -0.15) is 0 Å². The van der Waals surface area contributed by atoms with Crippen molar-refractivity contribution in [1.82, 2.24) is 0 Å². The predicted octanol–water partition coefficient (Wildman–Crippen LogP) is 18.3. The molecule has 0 saturated heterocycles. The number of carbonyl (C=O) groups excluding carboxylic acids is 2. The van der Waals surface area contributed by atoms with Crippen LogP contribution in [-0.2, 0) is 19.1 Å². The highest BCUT2D eigenvalue weighted by atomic mass is 16.5.